The Morgan fingerprint density at radius 1 is 0.600 bits per heavy atom. The van der Waals surface area contributed by atoms with Crippen LogP contribution in [0.3, 0.4) is 0 Å². The monoisotopic (exact) mass is 739 g/mol. The minimum absolute atomic E-state index is 0. The van der Waals surface area contributed by atoms with Crippen molar-refractivity contribution in [3.05, 3.63) is 0 Å². The zero-order valence-electron chi connectivity index (χ0n) is 29.8. The quantitative estimate of drug-likeness (QED) is 0.160. The summed E-state index contributed by atoms with van der Waals surface area (Å²) in [6.07, 6.45) is 27.6. The van der Waals surface area contributed by atoms with Crippen LogP contribution in [0.5, 0.6) is 0 Å². The normalized spacial score (nSPS) is 24.9. The molecule has 4 nitrogen and oxygen atoms in total. The molecule has 0 spiro atoms. The van der Waals surface area contributed by atoms with Gasteiger partial charge in [-0.05, 0) is 89.0 Å². The average molecular weight is 740 g/mol. The average Bonchev–Trinajstić information content (AvgIpc) is 3.73. The van der Waals surface area contributed by atoms with Crippen LogP contribution in [0, 0.1) is 23.2 Å². The van der Waals surface area contributed by atoms with Crippen LogP contribution in [0.4, 0.5) is 0 Å². The number of rotatable bonds is 12. The summed E-state index contributed by atoms with van der Waals surface area (Å²) in [7, 11) is -3.12. The van der Waals surface area contributed by atoms with E-state index in [2.05, 4.69) is 25.7 Å². The minimum Gasteiger partial charge on any atom is -0.396 e. The van der Waals surface area contributed by atoms with Gasteiger partial charge in [0.1, 0.15) is 0 Å². The van der Waals surface area contributed by atoms with Crippen LogP contribution in [0.2, 0.25) is 0 Å². The van der Waals surface area contributed by atoms with Crippen LogP contribution >= 0.6 is 0 Å². The first-order valence-electron chi connectivity index (χ1n) is 18.4. The van der Waals surface area contributed by atoms with Crippen LogP contribution in [0.1, 0.15) is 184 Å². The van der Waals surface area contributed by atoms with Crippen molar-refractivity contribution in [2.75, 3.05) is 26.2 Å². The molecule has 4 aliphatic rings. The van der Waals surface area contributed by atoms with Gasteiger partial charge in [0.05, 0.1) is 10.00 Å². The Bertz CT molecular complexity index is 776. The fourth-order valence-corrected chi connectivity index (χ4v) is 10.1. The molecule has 4 fully saturated rings. The first-order valence-corrected chi connectivity index (χ1v) is 20.0. The molecule has 0 aromatic heterocycles. The van der Waals surface area contributed by atoms with Crippen molar-refractivity contribution >= 4 is 9.84 Å². The maximum absolute atomic E-state index is 13.3. The molecule has 0 saturated heterocycles. The molecule has 4 unspecified atom stereocenters. The van der Waals surface area contributed by atoms with Crippen molar-refractivity contribution in [2.24, 2.45) is 23.2 Å². The predicted molar refractivity (Wildman–Crippen MR) is 190 cm³/mol. The second-order valence-corrected chi connectivity index (χ2v) is 19.5. The summed E-state index contributed by atoms with van der Waals surface area (Å²) in [4.78, 5) is 2.64. The van der Waals surface area contributed by atoms with Crippen molar-refractivity contribution in [3.63, 3.8) is 0 Å². The molecule has 4 rings (SSSR count). The van der Waals surface area contributed by atoms with Crippen LogP contribution in [-0.4, -0.2) is 54.7 Å². The second-order valence-electron chi connectivity index (χ2n) is 16.5. The number of nitrogens with zero attached hydrogens (tertiary/aromatic N) is 1. The van der Waals surface area contributed by atoms with Gasteiger partial charge in [0, 0.05) is 53.8 Å². The van der Waals surface area contributed by atoms with E-state index in [9.17, 15) is 8.42 Å². The van der Waals surface area contributed by atoms with E-state index in [4.69, 9.17) is 5.11 Å². The van der Waals surface area contributed by atoms with Crippen molar-refractivity contribution in [3.8, 4) is 0 Å². The van der Waals surface area contributed by atoms with Crippen LogP contribution in [-0.2, 0) is 44.0 Å². The molecule has 1 N–H and O–H groups in total. The molecule has 45 heavy (non-hydrogen) atoms. The molecule has 4 saturated carbocycles. The molecular formula is C38H77Fe2NO3S. The number of aliphatic hydroxyl groups excluding tert-OH is 1. The van der Waals surface area contributed by atoms with E-state index >= 15 is 0 Å². The van der Waals surface area contributed by atoms with Crippen molar-refractivity contribution in [2.45, 2.75) is 194 Å². The van der Waals surface area contributed by atoms with E-state index in [0.717, 1.165) is 76.4 Å². The van der Waals surface area contributed by atoms with Gasteiger partial charge in [-0.1, -0.05) is 125 Å². The van der Waals surface area contributed by atoms with E-state index in [1.54, 1.807) is 0 Å². The Hall–Kier alpha value is 0.909. The maximum Gasteiger partial charge on any atom is 0.158 e. The number of hydrogen-bond acceptors (Lipinski definition) is 4. The summed E-state index contributed by atoms with van der Waals surface area (Å²) in [5.74, 6) is 1.84. The summed E-state index contributed by atoms with van der Waals surface area (Å²) in [6.45, 7) is 16.1. The van der Waals surface area contributed by atoms with Crippen molar-refractivity contribution < 1.29 is 47.7 Å². The van der Waals surface area contributed by atoms with Gasteiger partial charge in [-0.15, -0.1) is 0 Å². The van der Waals surface area contributed by atoms with Gasteiger partial charge in [0.15, 0.2) is 9.84 Å². The van der Waals surface area contributed by atoms with Crippen molar-refractivity contribution in [1.29, 1.82) is 0 Å². The molecule has 274 valence electrons. The smallest absolute Gasteiger partial charge is 0.158 e. The fraction of sp³-hybridized carbons (Fsp3) is 1.00. The van der Waals surface area contributed by atoms with Gasteiger partial charge in [-0.25, -0.2) is 8.42 Å². The summed E-state index contributed by atoms with van der Waals surface area (Å²) in [5.41, 5.74) is 0.375. The SMILES string of the molecule is C.C1CCCC1.C1CCCC1.CC(C)(C)CC1CCCC1CN(CCCCCCO)CC1CCCC1S(=O)(=O)C(C)(C)C.[Fe].[Fe]. The standard InChI is InChI=1S/C27H53NO3S.2C5H10.CH4.2Fe/c1-26(2,3)19-22-13-11-14-23(22)20-28(17-9-7-8-10-18-29)21-24-15-12-16-25(24)32(30,31)27(4,5)6;2*1-2-4-5-3-1;;;/h22-25,29H,7-21H2,1-6H3;2*1-5H2;1H4;;. The van der Waals surface area contributed by atoms with Crippen LogP contribution in [0.15, 0.2) is 0 Å². The second kappa shape index (κ2) is 25.0. The number of hydrogen-bond donors (Lipinski definition) is 1. The molecule has 0 radical (unpaired) electrons. The van der Waals surface area contributed by atoms with Crippen molar-refractivity contribution in [1.82, 2.24) is 4.90 Å². The Morgan fingerprint density at radius 2 is 1.02 bits per heavy atom. The van der Waals surface area contributed by atoms with Gasteiger partial charge < -0.3 is 10.0 Å². The predicted octanol–water partition coefficient (Wildman–Crippen LogP) is 10.6. The molecule has 0 aromatic rings. The third-order valence-electron chi connectivity index (χ3n) is 10.4. The van der Waals surface area contributed by atoms with E-state index in [1.165, 1.54) is 89.9 Å². The molecule has 0 bridgehead atoms. The molecule has 0 amide bonds. The molecule has 7 heteroatoms. The number of unbranched alkanes of at least 4 members (excludes halogenated alkanes) is 3. The Balaban J connectivity index is 0. The van der Waals surface area contributed by atoms with E-state index in [0.29, 0.717) is 5.41 Å². The molecular weight excluding hydrogens is 662 g/mol. The van der Waals surface area contributed by atoms with Gasteiger partial charge in [0.2, 0.25) is 0 Å². The summed E-state index contributed by atoms with van der Waals surface area (Å²) in [5, 5.41) is 8.91. The first kappa shape index (κ1) is 48.0. The first-order chi connectivity index (χ1) is 19.8. The van der Waals surface area contributed by atoms with Gasteiger partial charge in [-0.2, -0.15) is 0 Å². The molecule has 0 heterocycles. The summed E-state index contributed by atoms with van der Waals surface area (Å²) in [6, 6.07) is 0. The topological polar surface area (TPSA) is 57.6 Å². The Labute approximate surface area is 304 Å². The number of sulfone groups is 1. The largest absolute Gasteiger partial charge is 0.396 e. The van der Waals surface area contributed by atoms with Gasteiger partial charge in [-0.3, -0.25) is 0 Å². The molecule has 4 aliphatic carbocycles. The summed E-state index contributed by atoms with van der Waals surface area (Å²) >= 11 is 0. The minimum atomic E-state index is -3.12. The summed E-state index contributed by atoms with van der Waals surface area (Å²) < 4.78 is 25.9. The van der Waals surface area contributed by atoms with Gasteiger partial charge >= 0.3 is 0 Å². The third kappa shape index (κ3) is 19.0. The van der Waals surface area contributed by atoms with Crippen LogP contribution < -0.4 is 0 Å². The Morgan fingerprint density at radius 3 is 1.49 bits per heavy atom. The zero-order chi connectivity index (χ0) is 31.1. The Kier molecular flexibility index (Phi) is 26.6. The number of aliphatic hydroxyl groups is 1. The van der Waals surface area contributed by atoms with E-state index in [-0.39, 0.29) is 59.3 Å². The zero-order valence-corrected chi connectivity index (χ0v) is 32.8. The third-order valence-corrected chi connectivity index (χ3v) is 13.5. The van der Waals surface area contributed by atoms with Gasteiger partial charge in [0.25, 0.3) is 0 Å². The van der Waals surface area contributed by atoms with Crippen LogP contribution in [0.25, 0.3) is 0 Å². The van der Waals surface area contributed by atoms with E-state index in [1.807, 2.05) is 20.8 Å². The fourth-order valence-electron chi connectivity index (χ4n) is 7.97. The molecule has 0 aliphatic heterocycles. The molecule has 4 atom stereocenters. The maximum atomic E-state index is 13.3. The molecule has 0 aromatic carbocycles. The van der Waals surface area contributed by atoms with E-state index < -0.39 is 14.6 Å².